The van der Waals surface area contributed by atoms with Crippen LogP contribution in [0.3, 0.4) is 0 Å². The van der Waals surface area contributed by atoms with Crippen molar-refractivity contribution in [3.63, 3.8) is 0 Å². The third-order valence-electron chi connectivity index (χ3n) is 3.62. The molecule has 112 valence electrons. The lowest BCUT2D eigenvalue weighted by molar-refractivity contribution is -0.119. The van der Waals surface area contributed by atoms with Crippen molar-refractivity contribution < 1.29 is 19.5 Å². The van der Waals surface area contributed by atoms with Gasteiger partial charge in [-0.1, -0.05) is 0 Å². The van der Waals surface area contributed by atoms with Crippen molar-refractivity contribution in [2.24, 2.45) is 11.7 Å². The summed E-state index contributed by atoms with van der Waals surface area (Å²) in [5, 5.41) is 8.79. The van der Waals surface area contributed by atoms with Gasteiger partial charge in [0, 0.05) is 25.7 Å². The Morgan fingerprint density at radius 3 is 2.43 bits per heavy atom. The van der Waals surface area contributed by atoms with E-state index in [0.717, 1.165) is 12.8 Å². The third-order valence-corrected chi connectivity index (χ3v) is 3.62. The lowest BCUT2D eigenvalue weighted by Crippen LogP contribution is -2.39. The summed E-state index contributed by atoms with van der Waals surface area (Å²) in [6, 6.07) is 2.78. The number of carbonyl (C=O) groups excluding carboxylic acids is 2. The molecule has 0 unspecified atom stereocenters. The van der Waals surface area contributed by atoms with Crippen molar-refractivity contribution in [3.8, 4) is 0 Å². The number of nitrogens with two attached hydrogens (primary N) is 1. The van der Waals surface area contributed by atoms with Crippen LogP contribution in [-0.4, -0.2) is 45.9 Å². The van der Waals surface area contributed by atoms with Gasteiger partial charge in [0.15, 0.2) is 0 Å². The van der Waals surface area contributed by atoms with E-state index in [0.29, 0.717) is 19.5 Å². The third kappa shape index (κ3) is 3.77. The Morgan fingerprint density at radius 1 is 1.29 bits per heavy atom. The highest BCUT2D eigenvalue weighted by Gasteiger charge is 2.25. The molecule has 0 saturated carbocycles. The van der Waals surface area contributed by atoms with E-state index in [4.69, 9.17) is 10.8 Å². The molecule has 0 bridgehead atoms. The van der Waals surface area contributed by atoms with Crippen LogP contribution < -0.4 is 5.73 Å². The van der Waals surface area contributed by atoms with E-state index in [9.17, 15) is 14.4 Å². The van der Waals surface area contributed by atoms with Crippen LogP contribution in [0.4, 0.5) is 0 Å². The predicted octanol–water partition coefficient (Wildman–Crippen LogP) is 0.507. The molecule has 7 heteroatoms. The van der Waals surface area contributed by atoms with Crippen molar-refractivity contribution in [2.75, 3.05) is 13.1 Å². The molecule has 2 heterocycles. The SMILES string of the molecule is NC(=O)CC1CCN(C(=O)c2ccc(C(=O)O)cn2)CC1. The normalized spacial score (nSPS) is 15.7. The first-order valence-corrected chi connectivity index (χ1v) is 6.74. The first kappa shape index (κ1) is 15.0. The summed E-state index contributed by atoms with van der Waals surface area (Å²) >= 11 is 0. The molecular formula is C14H17N3O4. The van der Waals surface area contributed by atoms with Crippen LogP contribution in [0, 0.1) is 5.92 Å². The molecule has 21 heavy (non-hydrogen) atoms. The van der Waals surface area contributed by atoms with Crippen LogP contribution in [-0.2, 0) is 4.79 Å². The van der Waals surface area contributed by atoms with E-state index < -0.39 is 5.97 Å². The minimum atomic E-state index is -1.08. The molecule has 3 N–H and O–H groups in total. The molecule has 0 radical (unpaired) electrons. The van der Waals surface area contributed by atoms with Gasteiger partial charge in [-0.2, -0.15) is 0 Å². The molecule has 1 fully saturated rings. The van der Waals surface area contributed by atoms with E-state index in [1.54, 1.807) is 4.90 Å². The number of carbonyl (C=O) groups is 3. The summed E-state index contributed by atoms with van der Waals surface area (Å²) in [6.07, 6.45) is 3.01. The number of aromatic carboxylic acids is 1. The summed E-state index contributed by atoms with van der Waals surface area (Å²) < 4.78 is 0. The molecule has 1 aliphatic rings. The number of piperidine rings is 1. The topological polar surface area (TPSA) is 114 Å². The van der Waals surface area contributed by atoms with Gasteiger partial charge in [-0.15, -0.1) is 0 Å². The minimum Gasteiger partial charge on any atom is -0.478 e. The summed E-state index contributed by atoms with van der Waals surface area (Å²) in [7, 11) is 0. The highest BCUT2D eigenvalue weighted by Crippen LogP contribution is 2.21. The van der Waals surface area contributed by atoms with Crippen LogP contribution in [0.1, 0.15) is 40.1 Å². The highest BCUT2D eigenvalue weighted by atomic mass is 16.4. The van der Waals surface area contributed by atoms with Gasteiger partial charge in [-0.3, -0.25) is 14.6 Å². The fraction of sp³-hybridized carbons (Fsp3) is 0.429. The van der Waals surface area contributed by atoms with E-state index in [2.05, 4.69) is 4.98 Å². The second kappa shape index (κ2) is 6.34. The van der Waals surface area contributed by atoms with Crippen molar-refractivity contribution in [1.82, 2.24) is 9.88 Å². The number of aromatic nitrogens is 1. The number of rotatable bonds is 4. The van der Waals surface area contributed by atoms with Crippen LogP contribution in [0.25, 0.3) is 0 Å². The zero-order valence-electron chi connectivity index (χ0n) is 11.5. The average Bonchev–Trinajstić information content (AvgIpc) is 2.47. The van der Waals surface area contributed by atoms with Gasteiger partial charge >= 0.3 is 5.97 Å². The molecule has 2 amide bonds. The Hall–Kier alpha value is -2.44. The van der Waals surface area contributed by atoms with Crippen molar-refractivity contribution in [3.05, 3.63) is 29.6 Å². The molecule has 1 aliphatic heterocycles. The van der Waals surface area contributed by atoms with Crippen LogP contribution in [0.2, 0.25) is 0 Å². The molecular weight excluding hydrogens is 274 g/mol. The number of amides is 2. The summed E-state index contributed by atoms with van der Waals surface area (Å²) in [5.41, 5.74) is 5.45. The molecule has 0 spiro atoms. The van der Waals surface area contributed by atoms with Gasteiger partial charge in [-0.25, -0.2) is 4.79 Å². The maximum atomic E-state index is 12.2. The second-order valence-electron chi connectivity index (χ2n) is 5.14. The van der Waals surface area contributed by atoms with E-state index in [1.807, 2.05) is 0 Å². The van der Waals surface area contributed by atoms with Gasteiger partial charge < -0.3 is 15.7 Å². The molecule has 7 nitrogen and oxygen atoms in total. The van der Waals surface area contributed by atoms with Crippen molar-refractivity contribution >= 4 is 17.8 Å². The first-order valence-electron chi connectivity index (χ1n) is 6.74. The zero-order chi connectivity index (χ0) is 15.4. The lowest BCUT2D eigenvalue weighted by Gasteiger charge is -2.31. The maximum absolute atomic E-state index is 12.2. The zero-order valence-corrected chi connectivity index (χ0v) is 11.5. The number of carboxylic acids is 1. The number of nitrogens with zero attached hydrogens (tertiary/aromatic N) is 2. The molecule has 1 aromatic rings. The van der Waals surface area contributed by atoms with Gasteiger partial charge in [-0.05, 0) is 30.9 Å². The van der Waals surface area contributed by atoms with Crippen LogP contribution in [0.5, 0.6) is 0 Å². The Kier molecular flexibility index (Phi) is 4.52. The van der Waals surface area contributed by atoms with Crippen molar-refractivity contribution in [2.45, 2.75) is 19.3 Å². The number of hydrogen-bond donors (Lipinski definition) is 2. The van der Waals surface area contributed by atoms with E-state index in [1.165, 1.54) is 18.3 Å². The van der Waals surface area contributed by atoms with E-state index >= 15 is 0 Å². The molecule has 1 aromatic heterocycles. The Bertz CT molecular complexity index is 548. The molecule has 0 atom stereocenters. The number of hydrogen-bond acceptors (Lipinski definition) is 4. The largest absolute Gasteiger partial charge is 0.478 e. The second-order valence-corrected chi connectivity index (χ2v) is 5.14. The smallest absolute Gasteiger partial charge is 0.337 e. The van der Waals surface area contributed by atoms with E-state index in [-0.39, 0.29) is 29.0 Å². The highest BCUT2D eigenvalue weighted by molar-refractivity contribution is 5.93. The van der Waals surface area contributed by atoms with Crippen LogP contribution in [0.15, 0.2) is 18.3 Å². The van der Waals surface area contributed by atoms with Gasteiger partial charge in [0.2, 0.25) is 5.91 Å². The van der Waals surface area contributed by atoms with Gasteiger partial charge in [0.1, 0.15) is 5.69 Å². The lowest BCUT2D eigenvalue weighted by atomic mass is 9.93. The summed E-state index contributed by atoms with van der Waals surface area (Å²) in [6.45, 7) is 1.11. The minimum absolute atomic E-state index is 0.0479. The summed E-state index contributed by atoms with van der Waals surface area (Å²) in [5.74, 6) is -1.38. The molecule has 0 aliphatic carbocycles. The number of pyridine rings is 1. The molecule has 1 saturated heterocycles. The Morgan fingerprint density at radius 2 is 1.95 bits per heavy atom. The van der Waals surface area contributed by atoms with Crippen molar-refractivity contribution in [1.29, 1.82) is 0 Å². The number of primary amides is 1. The Balaban J connectivity index is 1.95. The monoisotopic (exact) mass is 291 g/mol. The standard InChI is InChI=1S/C14H17N3O4/c15-12(18)7-9-3-5-17(6-4-9)13(19)11-2-1-10(8-16-11)14(20)21/h1-2,8-9H,3-7H2,(H2,15,18)(H,20,21). The number of likely N-dealkylation sites (tertiary alicyclic amines) is 1. The number of carboxylic acid groups (broad SMARTS) is 1. The quantitative estimate of drug-likeness (QED) is 0.839. The Labute approximate surface area is 121 Å². The van der Waals surface area contributed by atoms with Crippen LogP contribution >= 0.6 is 0 Å². The molecule has 0 aromatic carbocycles. The first-order chi connectivity index (χ1) is 9.97. The fourth-order valence-corrected chi connectivity index (χ4v) is 2.43. The average molecular weight is 291 g/mol. The predicted molar refractivity (Wildman–Crippen MR) is 73.6 cm³/mol. The van der Waals surface area contributed by atoms with Gasteiger partial charge in [0.05, 0.1) is 5.56 Å². The maximum Gasteiger partial charge on any atom is 0.337 e. The summed E-state index contributed by atoms with van der Waals surface area (Å²) in [4.78, 5) is 39.4. The molecule has 2 rings (SSSR count). The fourth-order valence-electron chi connectivity index (χ4n) is 2.43. The van der Waals surface area contributed by atoms with Gasteiger partial charge in [0.25, 0.3) is 5.91 Å².